The van der Waals surface area contributed by atoms with Gasteiger partial charge in [-0.1, -0.05) is 6.07 Å². The Morgan fingerprint density at radius 1 is 0.862 bits per heavy atom. The van der Waals surface area contributed by atoms with Gasteiger partial charge in [0, 0.05) is 57.4 Å². The van der Waals surface area contributed by atoms with Gasteiger partial charge in [0.15, 0.2) is 0 Å². The van der Waals surface area contributed by atoms with Gasteiger partial charge in [-0.3, -0.25) is 39.0 Å². The number of ether oxygens (including phenoxy) is 2. The van der Waals surface area contributed by atoms with Crippen LogP contribution in [0.2, 0.25) is 0 Å². The molecule has 1 aromatic carbocycles. The largest absolute Gasteiger partial charge is 0.493 e. The molecule has 5 aromatic rings. The number of carbonyl (C=O) groups is 5. The van der Waals surface area contributed by atoms with Crippen LogP contribution in [0.25, 0.3) is 16.8 Å². The summed E-state index contributed by atoms with van der Waals surface area (Å²) in [6.45, 7) is 11.8. The maximum absolute atomic E-state index is 13.3. The number of likely N-dealkylation sites (tertiary alicyclic amines) is 1. The monoisotopic (exact) mass is 886 g/mol. The number of anilines is 3. The average molecular weight is 887 g/mol. The van der Waals surface area contributed by atoms with Crippen LogP contribution in [0.1, 0.15) is 92.5 Å². The molecule has 0 radical (unpaired) electrons. The number of aromatic nitrogens is 6. The molecule has 5 amide bonds. The smallest absolute Gasteiger partial charge is 0.410 e. The van der Waals surface area contributed by atoms with Crippen molar-refractivity contribution in [3.8, 4) is 17.0 Å². The fraction of sp³-hybridized carbons (Fsp3) is 0.457. The Kier molecular flexibility index (Phi) is 12.2. The number of benzene rings is 1. The highest BCUT2D eigenvalue weighted by Crippen LogP contribution is 2.34. The van der Waals surface area contributed by atoms with E-state index in [4.69, 9.17) is 24.7 Å². The molecule has 19 heteroatoms. The summed E-state index contributed by atoms with van der Waals surface area (Å²) in [5.74, 6) is -0.469. The fourth-order valence-corrected chi connectivity index (χ4v) is 8.86. The Hall–Kier alpha value is -6.89. The third-order valence-electron chi connectivity index (χ3n) is 12.3. The zero-order chi connectivity index (χ0) is 45.2. The standard InChI is InChI=1S/C46H54N12O7/c1-46(2,3)65-45(63)55-19-16-32(17-20-55)56-29-30(26-49-56)35-12-11-33-28-48-44(52-58(33)35)50-31-10-14-38(47-27-31)54-23-21-53(22-24-54)18-5-4-6-25-64-37-9-7-8-34-40(37)43(62)57(42(34)61)36-13-15-39(59)51-41(36)60/h7-12,14,26-29,32,36H,4-6,13,15-25H2,1-3H3,(H,50,52)(H,51,59,60). The molecular weight excluding hydrogens is 833 g/mol. The Balaban J connectivity index is 0.706. The SMILES string of the molecule is CC(C)(C)OC(=O)N1CCC(n2cc(-c3ccc4cnc(Nc5ccc(N6CCN(CCCCCOc7cccc8c7C(=O)N(C7CCC(=O)NC7=O)C8=O)CC6)nc5)nn34)cn2)CC1. The number of hydrogen-bond donors (Lipinski definition) is 2. The van der Waals surface area contributed by atoms with Crippen LogP contribution in [-0.2, 0) is 14.3 Å². The van der Waals surface area contributed by atoms with Crippen molar-refractivity contribution in [2.75, 3.05) is 62.6 Å². The number of carbonyl (C=O) groups excluding carboxylic acids is 5. The number of rotatable bonds is 13. The lowest BCUT2D eigenvalue weighted by atomic mass is 10.0. The zero-order valence-electron chi connectivity index (χ0n) is 36.9. The lowest BCUT2D eigenvalue weighted by molar-refractivity contribution is -0.136. The molecule has 0 saturated carbocycles. The van der Waals surface area contributed by atoms with E-state index in [9.17, 15) is 24.0 Å². The summed E-state index contributed by atoms with van der Waals surface area (Å²) in [6.07, 6.45) is 11.7. The average Bonchev–Trinajstić information content (AvgIpc) is 4.01. The van der Waals surface area contributed by atoms with Crippen molar-refractivity contribution in [3.05, 3.63) is 78.4 Å². The van der Waals surface area contributed by atoms with E-state index in [0.29, 0.717) is 31.4 Å². The number of piperazine rings is 1. The van der Waals surface area contributed by atoms with E-state index >= 15 is 0 Å². The van der Waals surface area contributed by atoms with Gasteiger partial charge in [0.2, 0.25) is 17.8 Å². The first-order valence-electron chi connectivity index (χ1n) is 22.4. The van der Waals surface area contributed by atoms with Crippen molar-refractivity contribution in [1.29, 1.82) is 0 Å². The van der Waals surface area contributed by atoms with Crippen LogP contribution in [0, 0.1) is 0 Å². The quantitative estimate of drug-likeness (QED) is 0.117. The number of amides is 5. The van der Waals surface area contributed by atoms with E-state index in [1.54, 1.807) is 35.5 Å². The summed E-state index contributed by atoms with van der Waals surface area (Å²) in [5.41, 5.74) is 3.34. The Morgan fingerprint density at radius 2 is 1.68 bits per heavy atom. The van der Waals surface area contributed by atoms with Gasteiger partial charge in [-0.15, -0.1) is 5.10 Å². The molecule has 4 aliphatic rings. The van der Waals surface area contributed by atoms with E-state index in [2.05, 4.69) is 25.4 Å². The van der Waals surface area contributed by atoms with Gasteiger partial charge in [-0.05, 0) is 102 Å². The summed E-state index contributed by atoms with van der Waals surface area (Å²) in [5, 5.41) is 15.0. The van der Waals surface area contributed by atoms with Crippen LogP contribution in [-0.4, -0.2) is 138 Å². The summed E-state index contributed by atoms with van der Waals surface area (Å²) in [6, 6.07) is 12.1. The number of hydrogen-bond acceptors (Lipinski definition) is 14. The van der Waals surface area contributed by atoms with Gasteiger partial charge >= 0.3 is 6.09 Å². The first-order chi connectivity index (χ1) is 31.4. The molecule has 8 heterocycles. The van der Waals surface area contributed by atoms with Crippen LogP contribution in [0.3, 0.4) is 0 Å². The first kappa shape index (κ1) is 43.4. The number of nitrogens with one attached hydrogen (secondary N) is 2. The molecule has 0 bridgehead atoms. The number of unbranched alkanes of at least 4 members (excludes halogenated alkanes) is 2. The van der Waals surface area contributed by atoms with E-state index < -0.39 is 35.3 Å². The van der Waals surface area contributed by atoms with Crippen LogP contribution in [0.4, 0.5) is 22.2 Å². The van der Waals surface area contributed by atoms with Crippen molar-refractivity contribution in [3.63, 3.8) is 0 Å². The molecule has 340 valence electrons. The molecule has 2 N–H and O–H groups in total. The molecule has 9 rings (SSSR count). The summed E-state index contributed by atoms with van der Waals surface area (Å²) in [4.78, 5) is 79.8. The Morgan fingerprint density at radius 3 is 2.43 bits per heavy atom. The minimum Gasteiger partial charge on any atom is -0.493 e. The predicted octanol–water partition coefficient (Wildman–Crippen LogP) is 5.08. The normalized spacial score (nSPS) is 18.6. The minimum absolute atomic E-state index is 0.0687. The van der Waals surface area contributed by atoms with Gasteiger partial charge < -0.3 is 24.6 Å². The van der Waals surface area contributed by atoms with E-state index in [-0.39, 0.29) is 36.1 Å². The maximum Gasteiger partial charge on any atom is 0.410 e. The van der Waals surface area contributed by atoms with E-state index in [1.165, 1.54) is 0 Å². The molecule has 1 unspecified atom stereocenters. The van der Waals surface area contributed by atoms with Gasteiger partial charge in [0.1, 0.15) is 23.2 Å². The van der Waals surface area contributed by atoms with Gasteiger partial charge in [0.25, 0.3) is 11.8 Å². The van der Waals surface area contributed by atoms with Crippen LogP contribution < -0.4 is 20.3 Å². The van der Waals surface area contributed by atoms with Gasteiger partial charge in [-0.2, -0.15) is 5.10 Å². The van der Waals surface area contributed by atoms with Crippen molar-refractivity contribution in [2.24, 2.45) is 0 Å². The molecule has 3 saturated heterocycles. The molecule has 0 spiro atoms. The van der Waals surface area contributed by atoms with Crippen molar-refractivity contribution in [2.45, 2.75) is 83.4 Å². The second kappa shape index (κ2) is 18.3. The number of imide groups is 2. The van der Waals surface area contributed by atoms with Crippen LogP contribution in [0.5, 0.6) is 5.75 Å². The molecule has 1 atom stereocenters. The minimum atomic E-state index is -1.01. The molecular formula is C46H54N12O7. The lowest BCUT2D eigenvalue weighted by Crippen LogP contribution is -2.54. The second-order valence-corrected chi connectivity index (χ2v) is 17.9. The highest BCUT2D eigenvalue weighted by molar-refractivity contribution is 6.24. The number of nitrogens with zero attached hydrogens (tertiary/aromatic N) is 10. The predicted molar refractivity (Wildman–Crippen MR) is 239 cm³/mol. The second-order valence-electron chi connectivity index (χ2n) is 17.9. The molecule has 4 aliphatic heterocycles. The lowest BCUT2D eigenvalue weighted by Gasteiger charge is -2.35. The van der Waals surface area contributed by atoms with E-state index in [0.717, 1.165) is 98.0 Å². The van der Waals surface area contributed by atoms with Crippen molar-refractivity contribution < 1.29 is 33.4 Å². The third kappa shape index (κ3) is 9.50. The number of piperidine rings is 2. The molecule has 19 nitrogen and oxygen atoms in total. The van der Waals surface area contributed by atoms with Gasteiger partial charge in [0.05, 0.1) is 59.3 Å². The van der Waals surface area contributed by atoms with Crippen molar-refractivity contribution >= 4 is 52.7 Å². The molecule has 0 aliphatic carbocycles. The fourth-order valence-electron chi connectivity index (χ4n) is 8.86. The highest BCUT2D eigenvalue weighted by Gasteiger charge is 2.46. The maximum atomic E-state index is 13.3. The van der Waals surface area contributed by atoms with E-state index in [1.807, 2.05) is 66.6 Å². The third-order valence-corrected chi connectivity index (χ3v) is 12.3. The number of fused-ring (bicyclic) bond motifs is 2. The van der Waals surface area contributed by atoms with Crippen LogP contribution >= 0.6 is 0 Å². The topological polar surface area (TPSA) is 202 Å². The van der Waals surface area contributed by atoms with Crippen LogP contribution in [0.15, 0.2) is 67.3 Å². The summed E-state index contributed by atoms with van der Waals surface area (Å²) in [7, 11) is 0. The highest BCUT2D eigenvalue weighted by atomic mass is 16.6. The summed E-state index contributed by atoms with van der Waals surface area (Å²) >= 11 is 0. The van der Waals surface area contributed by atoms with Gasteiger partial charge in [-0.25, -0.2) is 19.3 Å². The summed E-state index contributed by atoms with van der Waals surface area (Å²) < 4.78 is 15.4. The zero-order valence-corrected chi connectivity index (χ0v) is 36.9. The molecule has 65 heavy (non-hydrogen) atoms. The first-order valence-corrected chi connectivity index (χ1v) is 22.4. The molecule has 4 aromatic heterocycles. The number of pyridine rings is 1. The van der Waals surface area contributed by atoms with Crippen molar-refractivity contribution in [1.82, 2.24) is 49.4 Å². The Labute approximate surface area is 376 Å². The molecule has 3 fully saturated rings. The Bertz CT molecular complexity index is 2590.